The Kier molecular flexibility index (Phi) is 4.31. The van der Waals surface area contributed by atoms with E-state index >= 15 is 0 Å². The number of anilines is 1. The third kappa shape index (κ3) is 3.34. The second-order valence-electron chi connectivity index (χ2n) is 4.71. The van der Waals surface area contributed by atoms with E-state index in [1.165, 1.54) is 12.1 Å². The van der Waals surface area contributed by atoms with Gasteiger partial charge in [0.15, 0.2) is 0 Å². The SMILES string of the molecule is O=C(Nc1ccc(Cl)cc1Cl)c1cc2cc(Cl)ccc2oc1=O. The second kappa shape index (κ2) is 6.24. The molecule has 0 spiro atoms. The molecule has 3 aromatic rings. The summed E-state index contributed by atoms with van der Waals surface area (Å²) in [6.07, 6.45) is 0. The smallest absolute Gasteiger partial charge is 0.349 e. The molecule has 4 nitrogen and oxygen atoms in total. The summed E-state index contributed by atoms with van der Waals surface area (Å²) in [6.45, 7) is 0. The molecule has 1 heterocycles. The number of halogens is 3. The number of nitrogens with one attached hydrogen (secondary N) is 1. The van der Waals surface area contributed by atoms with Crippen LogP contribution >= 0.6 is 34.8 Å². The molecule has 0 aliphatic carbocycles. The van der Waals surface area contributed by atoms with Crippen LogP contribution in [-0.4, -0.2) is 5.91 Å². The van der Waals surface area contributed by atoms with E-state index in [1.807, 2.05) is 0 Å². The molecule has 23 heavy (non-hydrogen) atoms. The molecule has 0 saturated carbocycles. The van der Waals surface area contributed by atoms with Gasteiger partial charge in [0.1, 0.15) is 11.1 Å². The molecule has 0 fully saturated rings. The highest BCUT2D eigenvalue weighted by molar-refractivity contribution is 6.36. The maximum absolute atomic E-state index is 12.3. The highest BCUT2D eigenvalue weighted by Gasteiger charge is 2.15. The maximum Gasteiger partial charge on any atom is 0.349 e. The van der Waals surface area contributed by atoms with Crippen LogP contribution in [-0.2, 0) is 0 Å². The summed E-state index contributed by atoms with van der Waals surface area (Å²) in [7, 11) is 0. The first kappa shape index (κ1) is 15.9. The Bertz CT molecular complexity index is 982. The lowest BCUT2D eigenvalue weighted by atomic mass is 10.1. The van der Waals surface area contributed by atoms with Gasteiger partial charge in [0.25, 0.3) is 5.91 Å². The fourth-order valence-electron chi connectivity index (χ4n) is 2.03. The first-order chi connectivity index (χ1) is 10.9. The van der Waals surface area contributed by atoms with Crippen LogP contribution < -0.4 is 10.9 Å². The molecule has 0 bridgehead atoms. The minimum Gasteiger partial charge on any atom is -0.422 e. The summed E-state index contributed by atoms with van der Waals surface area (Å²) in [6, 6.07) is 10.8. The van der Waals surface area contributed by atoms with Crippen LogP contribution in [0.3, 0.4) is 0 Å². The van der Waals surface area contributed by atoms with Crippen molar-refractivity contribution < 1.29 is 9.21 Å². The third-order valence-electron chi connectivity index (χ3n) is 3.12. The Morgan fingerprint density at radius 1 is 0.957 bits per heavy atom. The van der Waals surface area contributed by atoms with Gasteiger partial charge in [0, 0.05) is 15.4 Å². The van der Waals surface area contributed by atoms with Gasteiger partial charge in [0.05, 0.1) is 10.7 Å². The summed E-state index contributed by atoms with van der Waals surface area (Å²) in [5, 5.41) is 4.27. The summed E-state index contributed by atoms with van der Waals surface area (Å²) in [5.41, 5.74) is -0.208. The fourth-order valence-corrected chi connectivity index (χ4v) is 2.67. The van der Waals surface area contributed by atoms with Crippen molar-refractivity contribution in [3.63, 3.8) is 0 Å². The van der Waals surface area contributed by atoms with Crippen molar-refractivity contribution in [2.45, 2.75) is 0 Å². The van der Waals surface area contributed by atoms with Crippen LogP contribution in [0.2, 0.25) is 15.1 Å². The Balaban J connectivity index is 2.00. The van der Waals surface area contributed by atoms with Crippen molar-refractivity contribution in [2.75, 3.05) is 5.32 Å². The predicted molar refractivity (Wildman–Crippen MR) is 91.9 cm³/mol. The van der Waals surface area contributed by atoms with E-state index in [1.54, 1.807) is 30.3 Å². The molecule has 3 rings (SSSR count). The second-order valence-corrected chi connectivity index (χ2v) is 5.99. The van der Waals surface area contributed by atoms with E-state index in [4.69, 9.17) is 39.2 Å². The first-order valence-electron chi connectivity index (χ1n) is 6.44. The monoisotopic (exact) mass is 367 g/mol. The van der Waals surface area contributed by atoms with Gasteiger partial charge in [-0.3, -0.25) is 4.79 Å². The van der Waals surface area contributed by atoms with Gasteiger partial charge < -0.3 is 9.73 Å². The van der Waals surface area contributed by atoms with Crippen molar-refractivity contribution in [1.82, 2.24) is 0 Å². The number of carbonyl (C=O) groups excluding carboxylic acids is 1. The average Bonchev–Trinajstić information content (AvgIpc) is 2.49. The largest absolute Gasteiger partial charge is 0.422 e. The van der Waals surface area contributed by atoms with Crippen molar-refractivity contribution >= 4 is 57.4 Å². The maximum atomic E-state index is 12.3. The number of hydrogen-bond donors (Lipinski definition) is 1. The molecule has 1 aromatic heterocycles. The normalized spacial score (nSPS) is 10.7. The zero-order chi connectivity index (χ0) is 16.6. The number of carbonyl (C=O) groups is 1. The van der Waals surface area contributed by atoms with Gasteiger partial charge in [-0.1, -0.05) is 34.8 Å². The average molecular weight is 369 g/mol. The number of hydrogen-bond acceptors (Lipinski definition) is 3. The van der Waals surface area contributed by atoms with Crippen LogP contribution in [0.15, 0.2) is 51.7 Å². The highest BCUT2D eigenvalue weighted by Crippen LogP contribution is 2.26. The van der Waals surface area contributed by atoms with Gasteiger partial charge in [-0.2, -0.15) is 0 Å². The van der Waals surface area contributed by atoms with Crippen LogP contribution in [0.25, 0.3) is 11.0 Å². The van der Waals surface area contributed by atoms with Crippen LogP contribution in [0.1, 0.15) is 10.4 Å². The Morgan fingerprint density at radius 2 is 1.65 bits per heavy atom. The van der Waals surface area contributed by atoms with Crippen LogP contribution in [0.5, 0.6) is 0 Å². The van der Waals surface area contributed by atoms with E-state index in [2.05, 4.69) is 5.32 Å². The Labute approximate surface area is 145 Å². The Morgan fingerprint density at radius 3 is 2.39 bits per heavy atom. The number of amides is 1. The number of benzene rings is 2. The standard InChI is InChI=1S/C16H8Cl3NO3/c17-9-2-4-14-8(5-9)6-11(16(22)23-14)15(21)20-13-3-1-10(18)7-12(13)19/h1-7H,(H,20,21). The molecule has 2 aromatic carbocycles. The lowest BCUT2D eigenvalue weighted by Gasteiger charge is -2.07. The van der Waals surface area contributed by atoms with Gasteiger partial charge in [-0.05, 0) is 42.5 Å². The van der Waals surface area contributed by atoms with Gasteiger partial charge in [-0.25, -0.2) is 4.79 Å². The molecule has 0 atom stereocenters. The van der Waals surface area contributed by atoms with Gasteiger partial charge in [-0.15, -0.1) is 0 Å². The molecule has 0 aliphatic rings. The van der Waals surface area contributed by atoms with Crippen molar-refractivity contribution in [1.29, 1.82) is 0 Å². The van der Waals surface area contributed by atoms with E-state index in [0.29, 0.717) is 26.7 Å². The first-order valence-corrected chi connectivity index (χ1v) is 7.57. The fraction of sp³-hybridized carbons (Fsp3) is 0. The summed E-state index contributed by atoms with van der Waals surface area (Å²) in [4.78, 5) is 24.3. The third-order valence-corrected chi connectivity index (χ3v) is 3.90. The molecule has 7 heteroatoms. The molecular weight excluding hydrogens is 361 g/mol. The van der Waals surface area contributed by atoms with E-state index in [9.17, 15) is 9.59 Å². The van der Waals surface area contributed by atoms with Crippen molar-refractivity contribution in [2.24, 2.45) is 0 Å². The highest BCUT2D eigenvalue weighted by atomic mass is 35.5. The molecule has 0 aliphatic heterocycles. The van der Waals surface area contributed by atoms with Crippen molar-refractivity contribution in [3.05, 3.63) is 73.5 Å². The molecule has 0 unspecified atom stereocenters. The van der Waals surface area contributed by atoms with Gasteiger partial charge in [0.2, 0.25) is 0 Å². The number of rotatable bonds is 2. The Hall–Kier alpha value is -2.01. The molecule has 0 saturated heterocycles. The summed E-state index contributed by atoms with van der Waals surface area (Å²) in [5.74, 6) is -0.634. The zero-order valence-corrected chi connectivity index (χ0v) is 13.7. The van der Waals surface area contributed by atoms with Crippen LogP contribution in [0, 0.1) is 0 Å². The van der Waals surface area contributed by atoms with Crippen LogP contribution in [0.4, 0.5) is 5.69 Å². The van der Waals surface area contributed by atoms with Crippen molar-refractivity contribution in [3.8, 4) is 0 Å². The molecule has 1 amide bonds. The van der Waals surface area contributed by atoms with E-state index in [-0.39, 0.29) is 10.6 Å². The zero-order valence-electron chi connectivity index (χ0n) is 11.4. The molecule has 116 valence electrons. The lowest BCUT2D eigenvalue weighted by molar-refractivity contribution is 0.102. The predicted octanol–water partition coefficient (Wildman–Crippen LogP) is 5.01. The minimum atomic E-state index is -0.748. The number of fused-ring (bicyclic) bond motifs is 1. The van der Waals surface area contributed by atoms with E-state index in [0.717, 1.165) is 0 Å². The topological polar surface area (TPSA) is 59.3 Å². The molecular formula is C16H8Cl3NO3. The summed E-state index contributed by atoms with van der Waals surface area (Å²) < 4.78 is 5.13. The summed E-state index contributed by atoms with van der Waals surface area (Å²) >= 11 is 17.7. The quantitative estimate of drug-likeness (QED) is 0.647. The lowest BCUT2D eigenvalue weighted by Crippen LogP contribution is -2.20. The van der Waals surface area contributed by atoms with E-state index < -0.39 is 11.5 Å². The minimum absolute atomic E-state index is 0.147. The molecule has 1 N–H and O–H groups in total. The molecule has 0 radical (unpaired) electrons. The van der Waals surface area contributed by atoms with Gasteiger partial charge >= 0.3 is 5.63 Å².